The highest BCUT2D eigenvalue weighted by Crippen LogP contribution is 2.34. The Hall–Kier alpha value is -1.16. The van der Waals surface area contributed by atoms with Gasteiger partial charge in [0.05, 0.1) is 20.6 Å². The number of hydrogen-bond donors (Lipinski definition) is 1. The molecule has 0 fully saturated rings. The monoisotopic (exact) mass is 341 g/mol. The SMILES string of the molecule is CC1=CN(Nc2cc(Cl)c3ccc(Cl)c(Cl)c3n2)CC1C. The zero-order chi connectivity index (χ0) is 15.1. The molecule has 3 nitrogen and oxygen atoms in total. The van der Waals surface area contributed by atoms with E-state index in [4.69, 9.17) is 34.8 Å². The molecule has 1 aliphatic heterocycles. The van der Waals surface area contributed by atoms with Gasteiger partial charge in [-0.2, -0.15) is 0 Å². The van der Waals surface area contributed by atoms with Crippen molar-refractivity contribution in [2.75, 3.05) is 12.0 Å². The molecule has 110 valence electrons. The van der Waals surface area contributed by atoms with E-state index in [-0.39, 0.29) is 0 Å². The lowest BCUT2D eigenvalue weighted by Gasteiger charge is -2.19. The van der Waals surface area contributed by atoms with Gasteiger partial charge in [-0.3, -0.25) is 10.4 Å². The molecule has 2 aromatic rings. The Kier molecular flexibility index (Phi) is 3.91. The molecule has 0 spiro atoms. The lowest BCUT2D eigenvalue weighted by atomic mass is 10.1. The van der Waals surface area contributed by atoms with E-state index in [0.717, 1.165) is 11.9 Å². The van der Waals surface area contributed by atoms with E-state index < -0.39 is 0 Å². The first-order valence-corrected chi connectivity index (χ1v) is 7.75. The summed E-state index contributed by atoms with van der Waals surface area (Å²) < 4.78 is 0. The number of nitrogens with one attached hydrogen (secondary N) is 1. The van der Waals surface area contributed by atoms with Gasteiger partial charge in [0.25, 0.3) is 0 Å². The van der Waals surface area contributed by atoms with Crippen molar-refractivity contribution in [1.29, 1.82) is 0 Å². The van der Waals surface area contributed by atoms with E-state index in [2.05, 4.69) is 30.5 Å². The summed E-state index contributed by atoms with van der Waals surface area (Å²) in [5, 5.41) is 4.27. The van der Waals surface area contributed by atoms with Crippen molar-refractivity contribution in [3.8, 4) is 0 Å². The second-order valence-electron chi connectivity index (χ2n) is 5.29. The molecule has 0 amide bonds. The van der Waals surface area contributed by atoms with Gasteiger partial charge >= 0.3 is 0 Å². The average molecular weight is 343 g/mol. The van der Waals surface area contributed by atoms with Crippen LogP contribution in [-0.4, -0.2) is 16.5 Å². The van der Waals surface area contributed by atoms with Gasteiger partial charge in [0.1, 0.15) is 5.82 Å². The van der Waals surface area contributed by atoms with Crippen LogP contribution in [0.2, 0.25) is 15.1 Å². The Morgan fingerprint density at radius 2 is 2.00 bits per heavy atom. The Morgan fingerprint density at radius 1 is 1.24 bits per heavy atom. The predicted molar refractivity (Wildman–Crippen MR) is 90.0 cm³/mol. The summed E-state index contributed by atoms with van der Waals surface area (Å²) in [5.41, 5.74) is 5.17. The largest absolute Gasteiger partial charge is 0.293 e. The van der Waals surface area contributed by atoms with E-state index in [1.165, 1.54) is 5.57 Å². The number of nitrogens with zero attached hydrogens (tertiary/aromatic N) is 2. The van der Waals surface area contributed by atoms with Crippen molar-refractivity contribution >= 4 is 51.5 Å². The van der Waals surface area contributed by atoms with Crippen LogP contribution in [0.15, 0.2) is 30.0 Å². The topological polar surface area (TPSA) is 28.2 Å². The van der Waals surface area contributed by atoms with Crippen LogP contribution < -0.4 is 5.43 Å². The average Bonchev–Trinajstić information content (AvgIpc) is 2.73. The Labute approximate surface area is 138 Å². The number of pyridine rings is 1. The zero-order valence-corrected chi connectivity index (χ0v) is 13.9. The van der Waals surface area contributed by atoms with Crippen molar-refractivity contribution in [2.45, 2.75) is 13.8 Å². The molecule has 1 N–H and O–H groups in total. The molecule has 2 heterocycles. The first-order chi connectivity index (χ1) is 9.95. The maximum absolute atomic E-state index is 6.31. The maximum atomic E-state index is 6.31. The van der Waals surface area contributed by atoms with Gasteiger partial charge in [0.15, 0.2) is 0 Å². The minimum atomic E-state index is 0.418. The van der Waals surface area contributed by atoms with Crippen LogP contribution in [0.25, 0.3) is 10.9 Å². The van der Waals surface area contributed by atoms with Gasteiger partial charge in [-0.25, -0.2) is 4.98 Å². The third kappa shape index (κ3) is 2.78. The van der Waals surface area contributed by atoms with Gasteiger partial charge in [0, 0.05) is 24.2 Å². The Balaban J connectivity index is 1.99. The second kappa shape index (κ2) is 5.56. The molecule has 1 atom stereocenters. The van der Waals surface area contributed by atoms with Crippen molar-refractivity contribution < 1.29 is 0 Å². The first kappa shape index (κ1) is 14.8. The molecule has 1 aromatic heterocycles. The van der Waals surface area contributed by atoms with Crippen LogP contribution in [0.1, 0.15) is 13.8 Å². The minimum absolute atomic E-state index is 0.418. The van der Waals surface area contributed by atoms with Gasteiger partial charge in [0.2, 0.25) is 0 Å². The van der Waals surface area contributed by atoms with Crippen molar-refractivity contribution in [1.82, 2.24) is 9.99 Å². The fraction of sp³-hybridized carbons (Fsp3) is 0.267. The minimum Gasteiger partial charge on any atom is -0.293 e. The zero-order valence-electron chi connectivity index (χ0n) is 11.6. The summed E-state index contributed by atoms with van der Waals surface area (Å²) in [6.45, 7) is 5.20. The standard InChI is InChI=1S/C15H14Cl3N3/c1-8-6-21(7-9(8)2)20-13-5-12(17)10-3-4-11(16)14(18)15(10)19-13/h3-6,9H,7H2,1-2H3,(H,19,20). The molecule has 1 unspecified atom stereocenters. The number of anilines is 1. The number of hydrogen-bond acceptors (Lipinski definition) is 3. The van der Waals surface area contributed by atoms with E-state index in [0.29, 0.717) is 32.3 Å². The molecule has 6 heteroatoms. The highest BCUT2D eigenvalue weighted by molar-refractivity contribution is 6.46. The first-order valence-electron chi connectivity index (χ1n) is 6.61. The normalized spacial score (nSPS) is 18.2. The van der Waals surface area contributed by atoms with Crippen LogP contribution in [-0.2, 0) is 0 Å². The Morgan fingerprint density at radius 3 is 2.67 bits per heavy atom. The van der Waals surface area contributed by atoms with Gasteiger partial charge in [-0.1, -0.05) is 47.3 Å². The van der Waals surface area contributed by atoms with E-state index in [1.807, 2.05) is 11.1 Å². The number of rotatable bonds is 2. The molecule has 21 heavy (non-hydrogen) atoms. The highest BCUT2D eigenvalue weighted by Gasteiger charge is 2.18. The number of hydrazine groups is 1. The van der Waals surface area contributed by atoms with Crippen LogP contribution in [0.5, 0.6) is 0 Å². The quantitative estimate of drug-likeness (QED) is 0.794. The van der Waals surface area contributed by atoms with Gasteiger partial charge in [-0.15, -0.1) is 0 Å². The van der Waals surface area contributed by atoms with Crippen LogP contribution in [0.3, 0.4) is 0 Å². The molecular weight excluding hydrogens is 329 g/mol. The molecule has 0 radical (unpaired) electrons. The van der Waals surface area contributed by atoms with Gasteiger partial charge in [-0.05, 0) is 25.0 Å². The summed E-state index contributed by atoms with van der Waals surface area (Å²) >= 11 is 18.6. The molecule has 0 aliphatic carbocycles. The van der Waals surface area contributed by atoms with Crippen LogP contribution in [0, 0.1) is 5.92 Å². The summed E-state index contributed by atoms with van der Waals surface area (Å²) in [7, 11) is 0. The molecule has 0 bridgehead atoms. The fourth-order valence-electron chi connectivity index (χ4n) is 2.34. The van der Waals surface area contributed by atoms with Crippen molar-refractivity contribution in [3.63, 3.8) is 0 Å². The lowest BCUT2D eigenvalue weighted by molar-refractivity contribution is 0.440. The highest BCUT2D eigenvalue weighted by atomic mass is 35.5. The Bertz CT molecular complexity index is 743. The second-order valence-corrected chi connectivity index (χ2v) is 6.48. The van der Waals surface area contributed by atoms with Crippen LogP contribution >= 0.6 is 34.8 Å². The number of halogens is 3. The third-order valence-corrected chi connectivity index (χ3v) is 4.79. The van der Waals surface area contributed by atoms with E-state index in [9.17, 15) is 0 Å². The predicted octanol–water partition coefficient (Wildman–Crippen LogP) is 5.38. The summed E-state index contributed by atoms with van der Waals surface area (Å²) in [6.07, 6.45) is 2.07. The summed E-state index contributed by atoms with van der Waals surface area (Å²) in [6, 6.07) is 5.34. The molecular formula is C15H14Cl3N3. The van der Waals surface area contributed by atoms with E-state index >= 15 is 0 Å². The molecule has 0 saturated carbocycles. The lowest BCUT2D eigenvalue weighted by Crippen LogP contribution is -2.24. The van der Waals surface area contributed by atoms with Crippen LogP contribution in [0.4, 0.5) is 5.82 Å². The van der Waals surface area contributed by atoms with E-state index in [1.54, 1.807) is 12.1 Å². The fourth-order valence-corrected chi connectivity index (χ4v) is 2.95. The molecule has 1 aliphatic rings. The number of fused-ring (bicyclic) bond motifs is 1. The molecule has 1 aromatic carbocycles. The number of aromatic nitrogens is 1. The van der Waals surface area contributed by atoms with Gasteiger partial charge < -0.3 is 0 Å². The van der Waals surface area contributed by atoms with Crippen molar-refractivity contribution in [3.05, 3.63) is 45.0 Å². The smallest absolute Gasteiger partial charge is 0.146 e. The summed E-state index contributed by atoms with van der Waals surface area (Å²) in [4.78, 5) is 4.53. The number of benzene rings is 1. The molecule has 3 rings (SSSR count). The third-order valence-electron chi connectivity index (χ3n) is 3.69. The van der Waals surface area contributed by atoms with Crippen molar-refractivity contribution in [2.24, 2.45) is 5.92 Å². The maximum Gasteiger partial charge on any atom is 0.146 e. The summed E-state index contributed by atoms with van der Waals surface area (Å²) in [5.74, 6) is 1.17. The molecule has 0 saturated heterocycles.